The number of piperidine rings is 1. The van der Waals surface area contributed by atoms with Gasteiger partial charge in [-0.3, -0.25) is 0 Å². The summed E-state index contributed by atoms with van der Waals surface area (Å²) in [5, 5.41) is 27.6. The van der Waals surface area contributed by atoms with Crippen LogP contribution in [0.5, 0.6) is 5.75 Å². The number of fused-ring (bicyclic) bond motifs is 1. The molecule has 2 N–H and O–H groups in total. The molecule has 2 aromatic heterocycles. The highest BCUT2D eigenvalue weighted by Crippen LogP contribution is 2.38. The molecule has 12 heteroatoms. The lowest BCUT2D eigenvalue weighted by Crippen LogP contribution is -2.44. The van der Waals surface area contributed by atoms with Crippen molar-refractivity contribution in [2.45, 2.75) is 52.2 Å². The van der Waals surface area contributed by atoms with E-state index in [-0.39, 0.29) is 12.6 Å². The highest BCUT2D eigenvalue weighted by molar-refractivity contribution is 5.98. The molecule has 0 bridgehead atoms. The second-order valence-corrected chi connectivity index (χ2v) is 10.8. The molecule has 3 aromatic rings. The minimum Gasteiger partial charge on any atom is -0.491 e. The number of anilines is 3. The molecule has 12 nitrogen and oxygen atoms in total. The Labute approximate surface area is 239 Å². The summed E-state index contributed by atoms with van der Waals surface area (Å²) in [6, 6.07) is 10.8. The maximum atomic E-state index is 13.8. The summed E-state index contributed by atoms with van der Waals surface area (Å²) >= 11 is 0. The van der Waals surface area contributed by atoms with Crippen molar-refractivity contribution >= 4 is 34.9 Å². The maximum Gasteiger partial charge on any atom is 0.420 e. The molecule has 1 aliphatic rings. The van der Waals surface area contributed by atoms with Crippen LogP contribution in [0.4, 0.5) is 26.8 Å². The number of carbonyl (C=O) groups is 2. The van der Waals surface area contributed by atoms with E-state index in [0.29, 0.717) is 65.8 Å². The highest BCUT2D eigenvalue weighted by Gasteiger charge is 2.32. The predicted octanol–water partition coefficient (Wildman–Crippen LogP) is 5.17. The first-order chi connectivity index (χ1) is 19.5. The number of ether oxygens (including phenoxy) is 3. The minimum atomic E-state index is -0.980. The average Bonchev–Trinajstić information content (AvgIpc) is 3.40. The molecule has 0 radical (unpaired) electrons. The number of rotatable bonds is 8. The lowest BCUT2D eigenvalue weighted by Gasteiger charge is -2.33. The molecule has 3 heterocycles. The van der Waals surface area contributed by atoms with Crippen molar-refractivity contribution in [2.75, 3.05) is 43.6 Å². The lowest BCUT2D eigenvalue weighted by atomic mass is 10.0. The summed E-state index contributed by atoms with van der Waals surface area (Å²) < 4.78 is 18.1. The Hall–Kier alpha value is -4.50. The lowest BCUT2D eigenvalue weighted by molar-refractivity contribution is 0.0597. The molecule has 0 aliphatic carbocycles. The van der Waals surface area contributed by atoms with Gasteiger partial charge in [-0.2, -0.15) is 10.4 Å². The van der Waals surface area contributed by atoms with Crippen LogP contribution in [0, 0.1) is 18.3 Å². The van der Waals surface area contributed by atoms with Gasteiger partial charge < -0.3 is 29.5 Å². The summed E-state index contributed by atoms with van der Waals surface area (Å²) in [6.07, 6.45) is 1.38. The van der Waals surface area contributed by atoms with Crippen molar-refractivity contribution in [3.8, 4) is 11.8 Å². The third kappa shape index (κ3) is 6.63. The van der Waals surface area contributed by atoms with Crippen LogP contribution in [0.15, 0.2) is 36.5 Å². The Morgan fingerprint density at radius 3 is 2.59 bits per heavy atom. The van der Waals surface area contributed by atoms with Crippen molar-refractivity contribution in [2.24, 2.45) is 0 Å². The number of nitriles is 1. The summed E-state index contributed by atoms with van der Waals surface area (Å²) in [5.74, 6) is 0.998. The number of hydrogen-bond donors (Lipinski definition) is 2. The van der Waals surface area contributed by atoms with Crippen molar-refractivity contribution in [1.29, 1.82) is 5.26 Å². The van der Waals surface area contributed by atoms with Crippen LogP contribution in [0.2, 0.25) is 0 Å². The van der Waals surface area contributed by atoms with Gasteiger partial charge >= 0.3 is 12.2 Å². The number of carboxylic acid groups (broad SMARTS) is 1. The molecule has 1 fully saturated rings. The summed E-state index contributed by atoms with van der Waals surface area (Å²) in [7, 11) is 1.60. The zero-order chi connectivity index (χ0) is 29.7. The first-order valence-electron chi connectivity index (χ1n) is 13.4. The Morgan fingerprint density at radius 1 is 1.22 bits per heavy atom. The first-order valence-corrected chi connectivity index (χ1v) is 13.4. The number of nitrogens with zero attached hydrogens (tertiary/aromatic N) is 5. The van der Waals surface area contributed by atoms with Gasteiger partial charge in [0.2, 0.25) is 0 Å². The molecular formula is C29H36N6O6. The topological polar surface area (TPSA) is 142 Å². The number of amides is 2. The smallest absolute Gasteiger partial charge is 0.420 e. The van der Waals surface area contributed by atoms with E-state index in [9.17, 15) is 20.0 Å². The molecule has 0 spiro atoms. The minimum absolute atomic E-state index is 0.220. The van der Waals surface area contributed by atoms with Gasteiger partial charge in [0, 0.05) is 31.8 Å². The number of likely N-dealkylation sites (tertiary alicyclic amines) is 1. The number of aromatic nitrogens is 2. The van der Waals surface area contributed by atoms with E-state index >= 15 is 0 Å². The third-order valence-corrected chi connectivity index (χ3v) is 6.65. The summed E-state index contributed by atoms with van der Waals surface area (Å²) in [6.45, 7) is 8.72. The van der Waals surface area contributed by atoms with Crippen LogP contribution in [-0.4, -0.2) is 76.9 Å². The highest BCUT2D eigenvalue weighted by atomic mass is 16.6. The van der Waals surface area contributed by atoms with Gasteiger partial charge in [-0.1, -0.05) is 0 Å². The van der Waals surface area contributed by atoms with Gasteiger partial charge in [0.25, 0.3) is 0 Å². The van der Waals surface area contributed by atoms with E-state index in [1.807, 2.05) is 0 Å². The van der Waals surface area contributed by atoms with Crippen molar-refractivity contribution in [3.63, 3.8) is 0 Å². The van der Waals surface area contributed by atoms with Crippen LogP contribution >= 0.6 is 0 Å². The zero-order valence-electron chi connectivity index (χ0n) is 24.0. The van der Waals surface area contributed by atoms with Gasteiger partial charge in [-0.15, -0.1) is 0 Å². The molecule has 41 heavy (non-hydrogen) atoms. The fraction of sp³-hybridized carbons (Fsp3) is 0.448. The van der Waals surface area contributed by atoms with Crippen molar-refractivity contribution in [3.05, 3.63) is 47.7 Å². The van der Waals surface area contributed by atoms with Crippen molar-refractivity contribution in [1.82, 2.24) is 14.5 Å². The maximum absolute atomic E-state index is 13.8. The standard InChI is InChI=1S/C29H36N6O6/c1-19-25(32-20-7-6-14-33(18-20)27(36)37)23(17-30)24-12-13-31-35(24)26(19)34(28(38)41-29(2,3)4)21-8-10-22(11-9-21)40-16-15-39-5/h8-13,20,32H,6-7,14-16,18H2,1-5H3,(H,36,37)/t20-/m0/s1. The number of methoxy groups -OCH3 is 1. The molecule has 1 aliphatic heterocycles. The van der Waals surface area contributed by atoms with Crippen LogP contribution in [-0.2, 0) is 9.47 Å². The van der Waals surface area contributed by atoms with E-state index < -0.39 is 17.8 Å². The number of carbonyl (C=O) groups excluding carboxylic acids is 1. The van der Waals surface area contributed by atoms with Gasteiger partial charge in [0.05, 0.1) is 29.7 Å². The summed E-state index contributed by atoms with van der Waals surface area (Å²) in [5.41, 5.74) is 1.66. The Morgan fingerprint density at radius 2 is 1.95 bits per heavy atom. The van der Waals surface area contributed by atoms with E-state index in [1.165, 1.54) is 9.80 Å². The molecule has 1 saturated heterocycles. The van der Waals surface area contributed by atoms with Crippen molar-refractivity contribution < 1.29 is 28.9 Å². The number of benzene rings is 1. The molecule has 1 atom stereocenters. The quantitative estimate of drug-likeness (QED) is 0.355. The third-order valence-electron chi connectivity index (χ3n) is 6.65. The SMILES string of the molecule is COCCOc1ccc(N(C(=O)OC(C)(C)C)c2c(C)c(N[C@H]3CCCN(C(=O)O)C3)c(C#N)c3ccnn23)cc1. The normalized spacial score (nSPS) is 15.3. The average molecular weight is 565 g/mol. The first kappa shape index (κ1) is 29.5. The second kappa shape index (κ2) is 12.3. The number of pyridine rings is 1. The molecule has 218 valence electrons. The van der Waals surface area contributed by atoms with Crippen LogP contribution in [0.3, 0.4) is 0 Å². The molecule has 0 saturated carbocycles. The molecule has 4 rings (SSSR count). The van der Waals surface area contributed by atoms with Crippen LogP contribution in [0.1, 0.15) is 44.7 Å². The molecule has 2 amide bonds. The molecular weight excluding hydrogens is 528 g/mol. The Kier molecular flexibility index (Phi) is 8.88. The molecule has 0 unspecified atom stereocenters. The van der Waals surface area contributed by atoms with Gasteiger partial charge in [-0.25, -0.2) is 19.0 Å². The fourth-order valence-electron chi connectivity index (χ4n) is 4.83. The van der Waals surface area contributed by atoms with E-state index in [0.717, 1.165) is 6.42 Å². The van der Waals surface area contributed by atoms with Gasteiger partial charge in [0.15, 0.2) is 0 Å². The van der Waals surface area contributed by atoms with E-state index in [1.54, 1.807) is 75.8 Å². The Balaban J connectivity index is 1.84. The zero-order valence-corrected chi connectivity index (χ0v) is 24.0. The largest absolute Gasteiger partial charge is 0.491 e. The van der Waals surface area contributed by atoms with Gasteiger partial charge in [0.1, 0.15) is 35.4 Å². The van der Waals surface area contributed by atoms with E-state index in [2.05, 4.69) is 16.5 Å². The predicted molar refractivity (Wildman–Crippen MR) is 153 cm³/mol. The number of hydrogen-bond acceptors (Lipinski definition) is 8. The monoisotopic (exact) mass is 564 g/mol. The van der Waals surface area contributed by atoms with Gasteiger partial charge in [-0.05, 0) is 70.9 Å². The summed E-state index contributed by atoms with van der Waals surface area (Å²) in [4.78, 5) is 28.2. The molecule has 1 aromatic carbocycles. The fourth-order valence-corrected chi connectivity index (χ4v) is 4.83. The second-order valence-electron chi connectivity index (χ2n) is 10.8. The Bertz CT molecular complexity index is 1440. The van der Waals surface area contributed by atoms with E-state index in [4.69, 9.17) is 14.2 Å². The number of nitrogens with one attached hydrogen (secondary N) is 1. The van der Waals surface area contributed by atoms with Crippen LogP contribution < -0.4 is 15.0 Å². The van der Waals surface area contributed by atoms with Crippen LogP contribution in [0.25, 0.3) is 5.52 Å².